The van der Waals surface area contributed by atoms with Crippen molar-refractivity contribution in [3.8, 4) is 0 Å². The van der Waals surface area contributed by atoms with Gasteiger partial charge in [-0.25, -0.2) is 0 Å². The van der Waals surface area contributed by atoms with Gasteiger partial charge in [-0.2, -0.15) is 34.8 Å². The smallest absolute Gasteiger partial charge is 0.438 e. The first kappa shape index (κ1) is 20.0. The number of hydrogen-bond donors (Lipinski definition) is 1. The molecule has 23 heavy (non-hydrogen) atoms. The maximum Gasteiger partial charge on any atom is 0.438 e. The number of rotatable bonds is 4. The molecule has 0 aromatic heterocycles. The highest BCUT2D eigenvalue weighted by Crippen LogP contribution is 2.47. The van der Waals surface area contributed by atoms with Gasteiger partial charge < -0.3 is 4.74 Å². The molecule has 1 rings (SSSR count). The lowest BCUT2D eigenvalue weighted by molar-refractivity contribution is -0.362. The van der Waals surface area contributed by atoms with Gasteiger partial charge in [0.25, 0.3) is 10.1 Å². The molecule has 0 bridgehead atoms. The van der Waals surface area contributed by atoms with Crippen LogP contribution in [0.4, 0.5) is 26.3 Å². The average molecular weight is 372 g/mol. The number of ether oxygens (including phenoxy) is 1. The lowest BCUT2D eigenvalue weighted by Crippen LogP contribution is -2.63. The zero-order valence-corrected chi connectivity index (χ0v) is 12.4. The van der Waals surface area contributed by atoms with E-state index in [1.165, 1.54) is 0 Å². The van der Waals surface area contributed by atoms with Gasteiger partial charge >= 0.3 is 23.9 Å². The van der Waals surface area contributed by atoms with Crippen LogP contribution in [-0.2, 0) is 19.6 Å². The van der Waals surface area contributed by atoms with Crippen LogP contribution in [0.3, 0.4) is 0 Å². The molecule has 0 saturated heterocycles. The van der Waals surface area contributed by atoms with Crippen LogP contribution in [0.25, 0.3) is 0 Å². The highest BCUT2D eigenvalue weighted by molar-refractivity contribution is 7.85. The van der Waals surface area contributed by atoms with Gasteiger partial charge in [-0.1, -0.05) is 19.3 Å². The van der Waals surface area contributed by atoms with Crippen molar-refractivity contribution < 1.29 is 48.8 Å². The summed E-state index contributed by atoms with van der Waals surface area (Å²) >= 11 is 0. The Morgan fingerprint density at radius 1 is 1.00 bits per heavy atom. The van der Waals surface area contributed by atoms with E-state index in [0.29, 0.717) is 19.3 Å². The molecule has 0 spiro atoms. The Bertz CT molecular complexity index is 518. The molecule has 0 heterocycles. The van der Waals surface area contributed by atoms with Crippen LogP contribution in [0.5, 0.6) is 0 Å². The predicted octanol–water partition coefficient (Wildman–Crippen LogP) is 2.86. The van der Waals surface area contributed by atoms with Gasteiger partial charge in [-0.05, 0) is 12.8 Å². The minimum atomic E-state index is -6.27. The lowest BCUT2D eigenvalue weighted by Gasteiger charge is -2.36. The topological polar surface area (TPSA) is 80.7 Å². The molecule has 1 fully saturated rings. The monoisotopic (exact) mass is 372 g/mol. The van der Waals surface area contributed by atoms with Crippen LogP contribution in [0.15, 0.2) is 0 Å². The first-order valence-corrected chi connectivity index (χ1v) is 8.12. The number of halogens is 6. The molecule has 0 aromatic carbocycles. The minimum Gasteiger partial charge on any atom is -0.438 e. The fraction of sp³-hybridized carbons (Fsp3) is 0.909. The minimum absolute atomic E-state index is 0.0521. The summed E-state index contributed by atoms with van der Waals surface area (Å²) in [6.45, 7) is 0. The Balaban J connectivity index is 3.24. The van der Waals surface area contributed by atoms with Crippen LogP contribution in [-0.4, -0.2) is 42.6 Å². The van der Waals surface area contributed by atoms with Crippen molar-refractivity contribution in [2.45, 2.75) is 50.1 Å². The molecule has 136 valence electrons. The molecule has 0 aliphatic heterocycles. The maximum atomic E-state index is 13.0. The van der Waals surface area contributed by atoms with Crippen molar-refractivity contribution >= 4 is 16.1 Å². The summed E-state index contributed by atoms with van der Waals surface area (Å²) in [4.78, 5) is 11.7. The molecule has 5 nitrogen and oxygen atoms in total. The summed E-state index contributed by atoms with van der Waals surface area (Å²) in [7, 11) is -5.74. The van der Waals surface area contributed by atoms with E-state index in [1.807, 2.05) is 0 Å². The largest absolute Gasteiger partial charge is 0.438 e. The summed E-state index contributed by atoms with van der Waals surface area (Å²) in [6.07, 6.45) is -10.9. The average Bonchev–Trinajstić information content (AvgIpc) is 2.34. The molecule has 0 aromatic rings. The Labute approximate surface area is 127 Å². The molecule has 0 atom stereocenters. The number of carbonyl (C=O) groups is 1. The van der Waals surface area contributed by atoms with Crippen molar-refractivity contribution in [1.82, 2.24) is 0 Å². The fourth-order valence-corrected chi connectivity index (χ4v) is 3.22. The van der Waals surface area contributed by atoms with Gasteiger partial charge in [0.15, 0.2) is 0 Å². The second kappa shape index (κ2) is 6.46. The molecule has 1 saturated carbocycles. The van der Waals surface area contributed by atoms with Crippen molar-refractivity contribution in [3.05, 3.63) is 0 Å². The first-order chi connectivity index (χ1) is 10.2. The number of alkyl halides is 6. The second-order valence-corrected chi connectivity index (χ2v) is 6.76. The Kier molecular flexibility index (Phi) is 5.62. The highest BCUT2D eigenvalue weighted by atomic mass is 32.2. The van der Waals surface area contributed by atoms with Crippen molar-refractivity contribution in [3.63, 3.8) is 0 Å². The van der Waals surface area contributed by atoms with E-state index in [4.69, 9.17) is 4.55 Å². The molecular formula is C11H14F6O5S. The van der Waals surface area contributed by atoms with Crippen LogP contribution in [0.1, 0.15) is 32.1 Å². The fourth-order valence-electron chi connectivity index (χ4n) is 2.32. The molecule has 12 heteroatoms. The van der Waals surface area contributed by atoms with Gasteiger partial charge in [0.1, 0.15) is 5.75 Å². The normalized spacial score (nSPS) is 18.7. The van der Waals surface area contributed by atoms with E-state index in [-0.39, 0.29) is 12.8 Å². The highest BCUT2D eigenvalue weighted by Gasteiger charge is 2.76. The van der Waals surface area contributed by atoms with Crippen molar-refractivity contribution in [2.75, 3.05) is 5.75 Å². The lowest BCUT2D eigenvalue weighted by atomic mass is 9.89. The van der Waals surface area contributed by atoms with Gasteiger partial charge in [-0.15, -0.1) is 0 Å². The Hall–Kier alpha value is -1.04. The molecular weight excluding hydrogens is 358 g/mol. The van der Waals surface area contributed by atoms with E-state index in [2.05, 4.69) is 4.74 Å². The maximum absolute atomic E-state index is 13.0. The standard InChI is InChI=1S/C11H14F6O5S/c12-10(13,14)9(11(15,16)17,6-23(19,20)21)22-8(18)7-4-2-1-3-5-7/h7H,1-6H2,(H,19,20,21). The summed E-state index contributed by atoms with van der Waals surface area (Å²) < 4.78 is 111. The summed E-state index contributed by atoms with van der Waals surface area (Å²) in [5.41, 5.74) is -5.30. The quantitative estimate of drug-likeness (QED) is 0.466. The third-order valence-corrected chi connectivity index (χ3v) is 4.29. The van der Waals surface area contributed by atoms with Crippen molar-refractivity contribution in [1.29, 1.82) is 0 Å². The molecule has 1 aliphatic carbocycles. The van der Waals surface area contributed by atoms with E-state index in [1.54, 1.807) is 0 Å². The zero-order chi connectivity index (χ0) is 18.1. The van der Waals surface area contributed by atoms with Gasteiger partial charge in [0.2, 0.25) is 0 Å². The van der Waals surface area contributed by atoms with E-state index in [0.717, 1.165) is 0 Å². The van der Waals surface area contributed by atoms with Gasteiger partial charge in [-0.3, -0.25) is 9.35 Å². The number of esters is 1. The first-order valence-electron chi connectivity index (χ1n) is 6.51. The summed E-state index contributed by atoms with van der Waals surface area (Å²) in [6, 6.07) is 0. The van der Waals surface area contributed by atoms with E-state index in [9.17, 15) is 39.6 Å². The van der Waals surface area contributed by atoms with Crippen LogP contribution < -0.4 is 0 Å². The van der Waals surface area contributed by atoms with Crippen LogP contribution in [0, 0.1) is 5.92 Å². The molecule has 1 N–H and O–H groups in total. The predicted molar refractivity (Wildman–Crippen MR) is 63.9 cm³/mol. The molecule has 0 radical (unpaired) electrons. The molecule has 0 unspecified atom stereocenters. The SMILES string of the molecule is O=C(OC(CS(=O)(=O)O)(C(F)(F)F)C(F)(F)F)C1CCCCC1. The van der Waals surface area contributed by atoms with Gasteiger partial charge in [0.05, 0.1) is 5.92 Å². The second-order valence-electron chi connectivity index (χ2n) is 5.30. The Morgan fingerprint density at radius 2 is 1.43 bits per heavy atom. The number of carbonyl (C=O) groups excluding carboxylic acids is 1. The van der Waals surface area contributed by atoms with Crippen LogP contribution in [0.2, 0.25) is 0 Å². The third-order valence-electron chi connectivity index (χ3n) is 3.51. The summed E-state index contributed by atoms with van der Waals surface area (Å²) in [5.74, 6) is -5.79. The van der Waals surface area contributed by atoms with E-state index >= 15 is 0 Å². The van der Waals surface area contributed by atoms with Gasteiger partial charge in [0, 0.05) is 0 Å². The Morgan fingerprint density at radius 3 is 1.78 bits per heavy atom. The third kappa shape index (κ3) is 4.72. The van der Waals surface area contributed by atoms with Crippen LogP contribution >= 0.6 is 0 Å². The number of hydrogen-bond acceptors (Lipinski definition) is 4. The zero-order valence-electron chi connectivity index (χ0n) is 11.6. The summed E-state index contributed by atoms with van der Waals surface area (Å²) in [5, 5.41) is 0. The van der Waals surface area contributed by atoms with Crippen molar-refractivity contribution in [2.24, 2.45) is 5.92 Å². The molecule has 1 aliphatic rings. The molecule has 0 amide bonds. The van der Waals surface area contributed by atoms with E-state index < -0.39 is 45.7 Å².